The summed E-state index contributed by atoms with van der Waals surface area (Å²) < 4.78 is 5.86. The number of nitrogens with zero attached hydrogens (tertiary/aromatic N) is 4. The highest BCUT2D eigenvalue weighted by atomic mass is 16.5. The molecule has 1 aliphatic heterocycles. The maximum Gasteiger partial charge on any atom is 0.323 e. The Morgan fingerprint density at radius 3 is 2.66 bits per heavy atom. The molecule has 1 aromatic heterocycles. The van der Waals surface area contributed by atoms with Crippen molar-refractivity contribution in [3.63, 3.8) is 0 Å². The van der Waals surface area contributed by atoms with Crippen molar-refractivity contribution in [3.05, 3.63) is 77.7 Å². The van der Waals surface area contributed by atoms with Gasteiger partial charge in [0.05, 0.1) is 6.04 Å². The third-order valence-corrected chi connectivity index (χ3v) is 5.42. The summed E-state index contributed by atoms with van der Waals surface area (Å²) in [5.74, 6) is 1.30. The third kappa shape index (κ3) is 4.54. The van der Waals surface area contributed by atoms with Crippen LogP contribution < -0.4 is 9.64 Å². The molecule has 1 N–H and O–H groups in total. The molecule has 1 aliphatic rings. The van der Waals surface area contributed by atoms with Gasteiger partial charge < -0.3 is 19.6 Å². The number of rotatable bonds is 6. The number of fused-ring (bicyclic) bond motifs is 1. The molecule has 0 spiro atoms. The summed E-state index contributed by atoms with van der Waals surface area (Å²) in [5, 5.41) is 9.24. The topological polar surface area (TPSA) is 95.9 Å². The number of aromatic nitrogens is 2. The Kier molecular flexibility index (Phi) is 6.02. The first-order valence-corrected chi connectivity index (χ1v) is 10.3. The summed E-state index contributed by atoms with van der Waals surface area (Å²) in [6.45, 7) is 2.10. The van der Waals surface area contributed by atoms with Gasteiger partial charge in [-0.15, -0.1) is 0 Å². The Balaban J connectivity index is 1.58. The van der Waals surface area contributed by atoms with Gasteiger partial charge in [-0.1, -0.05) is 24.3 Å². The van der Waals surface area contributed by atoms with Crippen LogP contribution in [0.2, 0.25) is 0 Å². The number of carboxylic acid groups (broad SMARTS) is 1. The van der Waals surface area contributed by atoms with Crippen LogP contribution in [0.25, 0.3) is 0 Å². The molecule has 164 valence electrons. The summed E-state index contributed by atoms with van der Waals surface area (Å²) >= 11 is 0. The number of benzene rings is 2. The highest BCUT2D eigenvalue weighted by Gasteiger charge is 2.33. The lowest BCUT2D eigenvalue weighted by atomic mass is 9.98. The van der Waals surface area contributed by atoms with Crippen LogP contribution in [0.3, 0.4) is 0 Å². The van der Waals surface area contributed by atoms with Crippen molar-refractivity contribution in [1.29, 1.82) is 0 Å². The molecule has 2 aromatic carbocycles. The van der Waals surface area contributed by atoms with Crippen LogP contribution in [0, 0.1) is 6.92 Å². The molecule has 8 heteroatoms. The van der Waals surface area contributed by atoms with Gasteiger partial charge in [0.15, 0.2) is 0 Å². The molecular formula is C24H24N4O4. The average molecular weight is 432 g/mol. The number of carboxylic acids is 1. The van der Waals surface area contributed by atoms with E-state index in [1.165, 1.54) is 0 Å². The zero-order chi connectivity index (χ0) is 22.7. The van der Waals surface area contributed by atoms with Gasteiger partial charge in [-0.05, 0) is 43.7 Å². The smallest absolute Gasteiger partial charge is 0.323 e. The minimum atomic E-state index is -0.926. The molecule has 0 saturated carbocycles. The van der Waals surface area contributed by atoms with Crippen LogP contribution in [0.15, 0.2) is 60.8 Å². The summed E-state index contributed by atoms with van der Waals surface area (Å²) in [6, 6.07) is 16.2. The van der Waals surface area contributed by atoms with Crippen molar-refractivity contribution in [1.82, 2.24) is 14.9 Å². The molecule has 3 aromatic rings. The summed E-state index contributed by atoms with van der Waals surface area (Å²) in [4.78, 5) is 36.7. The fourth-order valence-corrected chi connectivity index (χ4v) is 3.88. The average Bonchev–Trinajstić information content (AvgIpc) is 2.79. The van der Waals surface area contributed by atoms with Crippen LogP contribution in [-0.4, -0.2) is 52.0 Å². The molecular weight excluding hydrogens is 408 g/mol. The molecule has 1 amide bonds. The van der Waals surface area contributed by atoms with Crippen molar-refractivity contribution < 1.29 is 19.4 Å². The van der Waals surface area contributed by atoms with E-state index >= 15 is 0 Å². The van der Waals surface area contributed by atoms with Crippen LogP contribution in [0.5, 0.6) is 11.5 Å². The lowest BCUT2D eigenvalue weighted by Crippen LogP contribution is -2.41. The molecule has 0 saturated heterocycles. The number of hydrogen-bond acceptors (Lipinski definition) is 6. The molecule has 8 nitrogen and oxygen atoms in total. The number of aryl methyl sites for hydroxylation is 1. The van der Waals surface area contributed by atoms with Crippen molar-refractivity contribution in [2.45, 2.75) is 19.4 Å². The normalized spacial score (nSPS) is 15.1. The molecule has 2 heterocycles. The number of hydrogen-bond donors (Lipinski definition) is 1. The molecule has 4 rings (SSSR count). The number of carbonyl (C=O) groups excluding carboxylic acids is 1. The first kappa shape index (κ1) is 21.3. The van der Waals surface area contributed by atoms with Gasteiger partial charge in [0.25, 0.3) is 5.91 Å². The maximum absolute atomic E-state index is 13.3. The molecule has 0 radical (unpaired) electrons. The Hall–Kier alpha value is -3.94. The third-order valence-electron chi connectivity index (χ3n) is 5.42. The predicted octanol–water partition coefficient (Wildman–Crippen LogP) is 3.69. The van der Waals surface area contributed by atoms with E-state index < -0.39 is 5.97 Å². The van der Waals surface area contributed by atoms with E-state index in [-0.39, 0.29) is 18.5 Å². The Morgan fingerprint density at radius 2 is 1.91 bits per heavy atom. The summed E-state index contributed by atoms with van der Waals surface area (Å²) in [7, 11) is 1.74. The monoisotopic (exact) mass is 432 g/mol. The number of anilines is 1. The highest BCUT2D eigenvalue weighted by Crippen LogP contribution is 2.36. The van der Waals surface area contributed by atoms with Crippen molar-refractivity contribution >= 4 is 17.7 Å². The number of amides is 1. The standard InChI is InChI=1S/C24H24N4O4/c1-16-25-14-20-21(11-12-28(15-22(29)30)23(20)26-16)27(2)24(31)17-7-6-10-19(13-17)32-18-8-4-3-5-9-18/h3-10,13-14,21H,11-12,15H2,1-2H3,(H,29,30). The van der Waals surface area contributed by atoms with E-state index in [9.17, 15) is 14.7 Å². The number of para-hydroxylation sites is 1. The first-order chi connectivity index (χ1) is 15.4. The molecule has 1 atom stereocenters. The Labute approximate surface area is 186 Å². The van der Waals surface area contributed by atoms with Gasteiger partial charge in [0, 0.05) is 30.9 Å². The molecule has 32 heavy (non-hydrogen) atoms. The second-order valence-electron chi connectivity index (χ2n) is 7.67. The van der Waals surface area contributed by atoms with E-state index in [0.717, 1.165) is 5.56 Å². The van der Waals surface area contributed by atoms with Crippen molar-refractivity contribution in [2.24, 2.45) is 0 Å². The van der Waals surface area contributed by atoms with Crippen molar-refractivity contribution in [3.8, 4) is 11.5 Å². The lowest BCUT2D eigenvalue weighted by molar-refractivity contribution is -0.135. The van der Waals surface area contributed by atoms with E-state index in [1.54, 1.807) is 54.2 Å². The SMILES string of the molecule is Cc1ncc2c(n1)N(CC(=O)O)CCC2N(C)C(=O)c1cccc(Oc2ccccc2)c1. The fourth-order valence-electron chi connectivity index (χ4n) is 3.88. The Morgan fingerprint density at radius 1 is 1.16 bits per heavy atom. The van der Waals surface area contributed by atoms with Crippen LogP contribution in [0.4, 0.5) is 5.82 Å². The van der Waals surface area contributed by atoms with Gasteiger partial charge in [-0.25, -0.2) is 9.97 Å². The van der Waals surface area contributed by atoms with Crippen LogP contribution in [0.1, 0.15) is 34.2 Å². The lowest BCUT2D eigenvalue weighted by Gasteiger charge is -2.37. The summed E-state index contributed by atoms with van der Waals surface area (Å²) in [6.07, 6.45) is 2.27. The zero-order valence-corrected chi connectivity index (χ0v) is 17.9. The summed E-state index contributed by atoms with van der Waals surface area (Å²) in [5.41, 5.74) is 1.25. The van der Waals surface area contributed by atoms with E-state index in [1.807, 2.05) is 30.3 Å². The number of aliphatic carboxylic acids is 1. The van der Waals surface area contributed by atoms with Gasteiger partial charge in [0.1, 0.15) is 29.7 Å². The van der Waals surface area contributed by atoms with Gasteiger partial charge in [-0.2, -0.15) is 0 Å². The van der Waals surface area contributed by atoms with E-state index in [0.29, 0.717) is 41.7 Å². The van der Waals surface area contributed by atoms with Gasteiger partial charge in [0.2, 0.25) is 0 Å². The minimum Gasteiger partial charge on any atom is -0.480 e. The van der Waals surface area contributed by atoms with Gasteiger partial charge >= 0.3 is 5.97 Å². The highest BCUT2D eigenvalue weighted by molar-refractivity contribution is 5.95. The van der Waals surface area contributed by atoms with E-state index in [4.69, 9.17) is 4.74 Å². The van der Waals surface area contributed by atoms with E-state index in [2.05, 4.69) is 9.97 Å². The van der Waals surface area contributed by atoms with Crippen LogP contribution in [-0.2, 0) is 4.79 Å². The first-order valence-electron chi connectivity index (χ1n) is 10.3. The van der Waals surface area contributed by atoms with Gasteiger partial charge in [-0.3, -0.25) is 9.59 Å². The maximum atomic E-state index is 13.3. The number of ether oxygens (including phenoxy) is 1. The number of carbonyl (C=O) groups is 2. The predicted molar refractivity (Wildman–Crippen MR) is 119 cm³/mol. The largest absolute Gasteiger partial charge is 0.480 e. The zero-order valence-electron chi connectivity index (χ0n) is 17.9. The molecule has 0 fully saturated rings. The van der Waals surface area contributed by atoms with Crippen LogP contribution >= 0.6 is 0 Å². The molecule has 0 aliphatic carbocycles. The van der Waals surface area contributed by atoms with Crippen molar-refractivity contribution in [2.75, 3.05) is 25.0 Å². The Bertz CT molecular complexity index is 1140. The fraction of sp³-hybridized carbons (Fsp3) is 0.250. The minimum absolute atomic E-state index is 0.146. The molecule has 0 bridgehead atoms. The molecule has 1 unspecified atom stereocenters. The second-order valence-corrected chi connectivity index (χ2v) is 7.67. The second kappa shape index (κ2) is 9.05. The quantitative estimate of drug-likeness (QED) is 0.635.